The first-order valence-corrected chi connectivity index (χ1v) is 18.0. The van der Waals surface area contributed by atoms with Crippen molar-refractivity contribution in [1.29, 1.82) is 0 Å². The zero-order valence-electron chi connectivity index (χ0n) is 22.8. The van der Waals surface area contributed by atoms with Crippen molar-refractivity contribution in [2.45, 2.75) is 52.6 Å². The lowest BCUT2D eigenvalue weighted by Crippen LogP contribution is -2.35. The van der Waals surface area contributed by atoms with Crippen LogP contribution in [0.2, 0.25) is 0 Å². The van der Waals surface area contributed by atoms with Gasteiger partial charge in [-0.2, -0.15) is 0 Å². The Hall–Kier alpha value is -2.46. The number of hydrogen-bond acceptors (Lipinski definition) is 17. The highest BCUT2D eigenvalue weighted by molar-refractivity contribution is 8.00. The maximum atomic E-state index is 13.3. The van der Waals surface area contributed by atoms with Crippen LogP contribution < -0.4 is 11.3 Å². The molecule has 4 aromatic heterocycles. The molecule has 0 aliphatic carbocycles. The Morgan fingerprint density at radius 3 is 2.24 bits per heavy atom. The predicted octanol–water partition coefficient (Wildman–Crippen LogP) is -0.182. The first kappa shape index (κ1) is 31.2. The van der Waals surface area contributed by atoms with Gasteiger partial charge in [-0.25, -0.2) is 34.0 Å². The molecule has 0 aromatic carbocycles. The number of nitrogen functional groups attached to an aromatic ring is 1. The number of imidazole rings is 2. The number of phosphoric ester groups is 2. The summed E-state index contributed by atoms with van der Waals surface area (Å²) in [7, 11) is -9.87. The highest BCUT2D eigenvalue weighted by Gasteiger charge is 2.53. The van der Waals surface area contributed by atoms with E-state index in [2.05, 4.69) is 29.9 Å². The summed E-state index contributed by atoms with van der Waals surface area (Å²) in [6.07, 6.45) is -2.09. The first-order valence-electron chi connectivity index (χ1n) is 13.2. The zero-order valence-corrected chi connectivity index (χ0v) is 26.3. The van der Waals surface area contributed by atoms with E-state index in [1.807, 2.05) is 0 Å². The molecule has 45 heavy (non-hydrogen) atoms. The summed E-state index contributed by atoms with van der Waals surface area (Å²) >= 11 is 1.97. The number of aromatic nitrogens is 8. The molecule has 4 unspecified atom stereocenters. The van der Waals surface area contributed by atoms with Crippen molar-refractivity contribution in [3.63, 3.8) is 0 Å². The third-order valence-corrected chi connectivity index (χ3v) is 12.5. The third-order valence-electron chi connectivity index (χ3n) is 7.42. The summed E-state index contributed by atoms with van der Waals surface area (Å²) < 4.78 is 50.8. The number of aromatic amines is 1. The van der Waals surface area contributed by atoms with Gasteiger partial charge >= 0.3 is 15.6 Å². The fourth-order valence-electron chi connectivity index (χ4n) is 5.39. The first-order chi connectivity index (χ1) is 21.3. The summed E-state index contributed by atoms with van der Waals surface area (Å²) in [5.74, 6) is 0.370. The number of anilines is 1. The topological polar surface area (TPSA) is 285 Å². The molecule has 0 amide bonds. The summed E-state index contributed by atoms with van der Waals surface area (Å²) in [6, 6.07) is 0. The van der Waals surface area contributed by atoms with Gasteiger partial charge in [0.05, 0.1) is 42.5 Å². The molecule has 3 saturated heterocycles. The van der Waals surface area contributed by atoms with E-state index in [4.69, 9.17) is 23.8 Å². The lowest BCUT2D eigenvalue weighted by atomic mass is 10.1. The van der Waals surface area contributed by atoms with E-state index in [1.165, 1.54) is 28.1 Å². The molecule has 3 aliphatic rings. The van der Waals surface area contributed by atoms with Gasteiger partial charge in [0, 0.05) is 0 Å². The maximum Gasteiger partial charge on any atom is 0.472 e. The molecule has 0 spiro atoms. The van der Waals surface area contributed by atoms with Crippen LogP contribution in [-0.4, -0.2) is 107 Å². The number of rotatable bonds is 2. The fraction of sp³-hybridized carbons (Fsp3) is 0.524. The van der Waals surface area contributed by atoms with Gasteiger partial charge in [-0.1, -0.05) is 0 Å². The Morgan fingerprint density at radius 1 is 0.889 bits per heavy atom. The molecule has 4 aromatic rings. The average Bonchev–Trinajstić information content (AvgIpc) is 3.72. The van der Waals surface area contributed by atoms with E-state index < -0.39 is 80.1 Å². The molecular weight excluding hydrogens is 680 g/mol. The Labute approximate surface area is 259 Å². The van der Waals surface area contributed by atoms with E-state index >= 15 is 0 Å². The van der Waals surface area contributed by atoms with Gasteiger partial charge in [0.1, 0.15) is 46.7 Å². The SMILES string of the molecule is Cc1nc2c(ncn2[C@@H]2S[C@@H]3COP(=O)(O)O[C@@H]4C(O)[C@H](n5cnc6c(N)ncnc65)S[C@@H]4COP(=O)(O)O[C@H]2C3O)c(=O)[nH]1. The van der Waals surface area contributed by atoms with Crippen molar-refractivity contribution in [3.8, 4) is 0 Å². The second kappa shape index (κ2) is 11.4. The number of aliphatic hydroxyl groups is 2. The molecule has 7 heterocycles. The number of fused-ring (bicyclic) bond motifs is 5. The number of thioether (sulfide) groups is 2. The Bertz CT molecular complexity index is 1940. The van der Waals surface area contributed by atoms with Crippen LogP contribution in [-0.2, 0) is 27.2 Å². The summed E-state index contributed by atoms with van der Waals surface area (Å²) in [6.45, 7) is 0.383. The van der Waals surface area contributed by atoms with E-state index in [0.717, 1.165) is 23.5 Å². The van der Waals surface area contributed by atoms with Crippen LogP contribution in [0, 0.1) is 6.92 Å². The fourth-order valence-corrected chi connectivity index (χ4v) is 10.7. The van der Waals surface area contributed by atoms with Crippen molar-refractivity contribution in [2.75, 3.05) is 18.9 Å². The number of H-pyrrole nitrogens is 1. The van der Waals surface area contributed by atoms with Gasteiger partial charge in [0.2, 0.25) is 0 Å². The summed E-state index contributed by atoms with van der Waals surface area (Å²) in [5.41, 5.74) is 5.99. The predicted molar refractivity (Wildman–Crippen MR) is 157 cm³/mol. The van der Waals surface area contributed by atoms with Crippen LogP contribution in [0.15, 0.2) is 23.8 Å². The Balaban J connectivity index is 1.21. The number of nitrogens with one attached hydrogen (secondary N) is 1. The van der Waals surface area contributed by atoms with Crippen LogP contribution in [0.25, 0.3) is 22.3 Å². The standard InChI is InChI=1S/C21H25N9O11P2S2/c1-7-27-18-11(19(33)28-7)26-6-30(18)21-15-12(31)8(44-21)2-38-42(34,35)40-14-9(3-39-43(36,37)41-15)45-20(13(14)32)29-5-25-10-16(22)23-4-24-17(10)29/h4-6,8-9,12-15,20-21,31-32H,2-3H2,1H3,(H,34,35)(H,36,37)(H2,22,23,24)(H,27,28,33)/t8-,9-,12?,13?,14+,15+,20-,21-/m1/s1. The molecule has 0 saturated carbocycles. The largest absolute Gasteiger partial charge is 0.472 e. The summed E-state index contributed by atoms with van der Waals surface area (Å²) in [4.78, 5) is 57.0. The molecule has 10 atom stereocenters. The van der Waals surface area contributed by atoms with Crippen molar-refractivity contribution >= 4 is 67.3 Å². The molecule has 7 rings (SSSR count). The minimum atomic E-state index is -4.96. The van der Waals surface area contributed by atoms with Crippen molar-refractivity contribution in [3.05, 3.63) is 35.2 Å². The lowest BCUT2D eigenvalue weighted by Gasteiger charge is -2.26. The molecule has 7 N–H and O–H groups in total. The van der Waals surface area contributed by atoms with Crippen molar-refractivity contribution in [2.24, 2.45) is 0 Å². The van der Waals surface area contributed by atoms with E-state index in [0.29, 0.717) is 0 Å². The minimum Gasteiger partial charge on any atom is -0.389 e. The van der Waals surface area contributed by atoms with Crippen LogP contribution in [0.4, 0.5) is 5.82 Å². The van der Waals surface area contributed by atoms with Crippen LogP contribution in [0.5, 0.6) is 0 Å². The van der Waals surface area contributed by atoms with Crippen LogP contribution in [0.1, 0.15) is 16.6 Å². The van der Waals surface area contributed by atoms with Crippen molar-refractivity contribution < 1.29 is 47.2 Å². The van der Waals surface area contributed by atoms with Crippen LogP contribution in [0.3, 0.4) is 0 Å². The molecule has 20 nitrogen and oxygen atoms in total. The van der Waals surface area contributed by atoms with E-state index in [-0.39, 0.29) is 34.0 Å². The highest BCUT2D eigenvalue weighted by Crippen LogP contribution is 2.58. The number of phosphoric acid groups is 2. The molecule has 242 valence electrons. The lowest BCUT2D eigenvalue weighted by molar-refractivity contribution is 0.00299. The molecule has 3 aliphatic heterocycles. The number of hydrogen-bond donors (Lipinski definition) is 6. The number of nitrogens with zero attached hydrogens (tertiary/aromatic N) is 7. The Morgan fingerprint density at radius 2 is 1.51 bits per heavy atom. The highest BCUT2D eigenvalue weighted by atomic mass is 32.2. The van der Waals surface area contributed by atoms with Crippen LogP contribution >= 0.6 is 39.2 Å². The van der Waals surface area contributed by atoms with Gasteiger partial charge in [-0.05, 0) is 6.92 Å². The normalized spacial score (nSPS) is 37.7. The molecule has 3 fully saturated rings. The van der Waals surface area contributed by atoms with Crippen molar-refractivity contribution in [1.82, 2.24) is 39.0 Å². The van der Waals surface area contributed by atoms with E-state index in [9.17, 15) is 33.9 Å². The quantitative estimate of drug-likeness (QED) is 0.147. The van der Waals surface area contributed by atoms with E-state index in [1.54, 1.807) is 6.92 Å². The molecule has 2 bridgehead atoms. The smallest absolute Gasteiger partial charge is 0.389 e. The average molecular weight is 706 g/mol. The Kier molecular flexibility index (Phi) is 7.86. The second-order valence-electron chi connectivity index (χ2n) is 10.3. The van der Waals surface area contributed by atoms with Gasteiger partial charge in [-0.15, -0.1) is 23.5 Å². The van der Waals surface area contributed by atoms with Gasteiger partial charge in [-0.3, -0.25) is 32.0 Å². The molecular formula is C21H25N9O11P2S2. The number of nitrogens with two attached hydrogens (primary N) is 1. The second-order valence-corrected chi connectivity index (χ2v) is 15.9. The monoisotopic (exact) mass is 705 g/mol. The van der Waals surface area contributed by atoms with Gasteiger partial charge in [0.15, 0.2) is 22.6 Å². The molecule has 0 radical (unpaired) electrons. The van der Waals surface area contributed by atoms with Gasteiger partial charge < -0.3 is 30.7 Å². The van der Waals surface area contributed by atoms with Gasteiger partial charge in [0.25, 0.3) is 5.56 Å². The molecule has 24 heteroatoms. The number of aryl methyl sites for hydroxylation is 1. The summed E-state index contributed by atoms with van der Waals surface area (Å²) in [5, 5.41) is 18.5. The minimum absolute atomic E-state index is 0.0162. The third kappa shape index (κ3) is 5.62. The number of aliphatic hydroxyl groups excluding tert-OH is 2. The zero-order chi connectivity index (χ0) is 31.8. The maximum absolute atomic E-state index is 13.3.